The van der Waals surface area contributed by atoms with Crippen molar-refractivity contribution in [1.82, 2.24) is 10.1 Å². The van der Waals surface area contributed by atoms with Gasteiger partial charge in [-0.15, -0.1) is 0 Å². The molecule has 1 heterocycles. The van der Waals surface area contributed by atoms with Crippen LogP contribution in [0.25, 0.3) is 11.5 Å². The molecule has 0 bridgehead atoms. The molecule has 0 atom stereocenters. The highest BCUT2D eigenvalue weighted by Crippen LogP contribution is 2.35. The molecule has 0 fully saturated rings. The summed E-state index contributed by atoms with van der Waals surface area (Å²) in [5.41, 5.74) is 0.450. The van der Waals surface area contributed by atoms with Crippen LogP contribution in [0.3, 0.4) is 0 Å². The van der Waals surface area contributed by atoms with Gasteiger partial charge in [-0.1, -0.05) is 11.2 Å². The Kier molecular flexibility index (Phi) is 3.78. The summed E-state index contributed by atoms with van der Waals surface area (Å²) in [4.78, 5) is 4.18. The van der Waals surface area contributed by atoms with Gasteiger partial charge >= 0.3 is 0 Å². The van der Waals surface area contributed by atoms with Gasteiger partial charge in [-0.2, -0.15) is 4.98 Å². The number of phenols is 1. The van der Waals surface area contributed by atoms with Crippen molar-refractivity contribution in [1.29, 1.82) is 0 Å². The van der Waals surface area contributed by atoms with Gasteiger partial charge in [0, 0.05) is 13.5 Å². The maximum Gasteiger partial charge on any atom is 0.261 e. The summed E-state index contributed by atoms with van der Waals surface area (Å²) >= 11 is 0. The summed E-state index contributed by atoms with van der Waals surface area (Å²) in [5, 5.41) is 13.8. The van der Waals surface area contributed by atoms with Gasteiger partial charge in [0.15, 0.2) is 17.3 Å². The molecule has 0 unspecified atom stereocenters. The van der Waals surface area contributed by atoms with Gasteiger partial charge in [-0.25, -0.2) is 0 Å². The van der Waals surface area contributed by atoms with E-state index in [4.69, 9.17) is 14.0 Å². The van der Waals surface area contributed by atoms with Gasteiger partial charge in [0.1, 0.15) is 0 Å². The Balaban J connectivity index is 2.28. The van der Waals surface area contributed by atoms with Crippen molar-refractivity contribution in [2.24, 2.45) is 0 Å². The molecule has 2 aromatic rings. The topological polar surface area (TPSA) is 77.6 Å². The Hall–Kier alpha value is -2.08. The predicted octanol–water partition coefficient (Wildman–Crippen LogP) is 1.64. The third-order valence-electron chi connectivity index (χ3n) is 2.45. The van der Waals surface area contributed by atoms with E-state index in [1.165, 1.54) is 7.11 Å². The highest BCUT2D eigenvalue weighted by Gasteiger charge is 2.15. The molecule has 2 rings (SSSR count). The number of nitrogens with zero attached hydrogens (tertiary/aromatic N) is 2. The molecule has 0 aliphatic heterocycles. The smallest absolute Gasteiger partial charge is 0.261 e. The molecule has 1 N–H and O–H groups in total. The number of rotatable bonds is 5. The first kappa shape index (κ1) is 12.4. The Morgan fingerprint density at radius 2 is 2.17 bits per heavy atom. The number of ether oxygens (including phenoxy) is 2. The van der Waals surface area contributed by atoms with Crippen LogP contribution >= 0.6 is 0 Å². The Morgan fingerprint density at radius 3 is 2.89 bits per heavy atom. The fourth-order valence-electron chi connectivity index (χ4n) is 1.52. The number of aromatic nitrogens is 2. The van der Waals surface area contributed by atoms with Crippen molar-refractivity contribution >= 4 is 0 Å². The van der Waals surface area contributed by atoms with Crippen molar-refractivity contribution < 1.29 is 19.1 Å². The van der Waals surface area contributed by atoms with E-state index in [0.717, 1.165) is 0 Å². The Bertz CT molecular complexity index is 525. The van der Waals surface area contributed by atoms with Crippen LogP contribution in [-0.2, 0) is 11.2 Å². The van der Waals surface area contributed by atoms with E-state index in [0.29, 0.717) is 30.2 Å². The summed E-state index contributed by atoms with van der Waals surface area (Å²) < 4.78 is 15.0. The first-order valence-corrected chi connectivity index (χ1v) is 5.44. The lowest BCUT2D eigenvalue weighted by Crippen LogP contribution is -1.96. The maximum atomic E-state index is 9.95. The van der Waals surface area contributed by atoms with Gasteiger partial charge in [0.25, 0.3) is 5.89 Å². The molecular formula is C12H14N2O4. The van der Waals surface area contributed by atoms with Crippen LogP contribution < -0.4 is 4.74 Å². The third kappa shape index (κ3) is 2.43. The molecule has 18 heavy (non-hydrogen) atoms. The van der Waals surface area contributed by atoms with Crippen LogP contribution in [0, 0.1) is 0 Å². The molecular weight excluding hydrogens is 236 g/mol. The van der Waals surface area contributed by atoms with Gasteiger partial charge in [-0.3, -0.25) is 0 Å². The van der Waals surface area contributed by atoms with E-state index in [-0.39, 0.29) is 11.6 Å². The zero-order valence-electron chi connectivity index (χ0n) is 10.2. The van der Waals surface area contributed by atoms with Crippen molar-refractivity contribution in [2.75, 3.05) is 20.8 Å². The summed E-state index contributed by atoms with van der Waals surface area (Å²) in [6.07, 6.45) is 0.560. The molecule has 0 saturated carbocycles. The van der Waals surface area contributed by atoms with Crippen molar-refractivity contribution in [3.63, 3.8) is 0 Å². The van der Waals surface area contributed by atoms with Crippen LogP contribution in [0.1, 0.15) is 5.82 Å². The lowest BCUT2D eigenvalue weighted by atomic mass is 10.2. The molecule has 96 valence electrons. The fourth-order valence-corrected chi connectivity index (χ4v) is 1.52. The molecule has 1 aromatic heterocycles. The molecule has 0 spiro atoms. The van der Waals surface area contributed by atoms with Crippen LogP contribution in [-0.4, -0.2) is 36.1 Å². The van der Waals surface area contributed by atoms with E-state index >= 15 is 0 Å². The molecule has 0 radical (unpaired) electrons. The average molecular weight is 250 g/mol. The van der Waals surface area contributed by atoms with E-state index in [2.05, 4.69) is 10.1 Å². The number of benzene rings is 1. The van der Waals surface area contributed by atoms with Crippen molar-refractivity contribution in [3.05, 3.63) is 24.0 Å². The first-order chi connectivity index (χ1) is 8.76. The third-order valence-corrected chi connectivity index (χ3v) is 2.45. The summed E-state index contributed by atoms with van der Waals surface area (Å²) in [7, 11) is 3.09. The minimum atomic E-state index is -0.0121. The van der Waals surface area contributed by atoms with Gasteiger partial charge in [0.2, 0.25) is 0 Å². The minimum Gasteiger partial charge on any atom is -0.504 e. The van der Waals surface area contributed by atoms with Gasteiger partial charge < -0.3 is 19.1 Å². The van der Waals surface area contributed by atoms with Gasteiger partial charge in [-0.05, 0) is 12.1 Å². The maximum absolute atomic E-state index is 9.95. The Labute approximate surface area is 104 Å². The van der Waals surface area contributed by atoms with Crippen LogP contribution in [0.2, 0.25) is 0 Å². The SMILES string of the molecule is COCCc1noc(-c2cccc(OC)c2O)n1. The largest absolute Gasteiger partial charge is 0.504 e. The molecule has 0 saturated heterocycles. The highest BCUT2D eigenvalue weighted by atomic mass is 16.5. The second-order valence-electron chi connectivity index (χ2n) is 3.61. The summed E-state index contributed by atoms with van der Waals surface area (Å²) in [6, 6.07) is 5.08. The fraction of sp³-hybridized carbons (Fsp3) is 0.333. The standard InChI is InChI=1S/C12H14N2O4/c1-16-7-6-10-13-12(18-14-10)8-4-3-5-9(17-2)11(8)15/h3-5,15H,6-7H2,1-2H3. The summed E-state index contributed by atoms with van der Waals surface area (Å²) in [6.45, 7) is 0.517. The molecule has 6 heteroatoms. The lowest BCUT2D eigenvalue weighted by Gasteiger charge is -2.04. The number of methoxy groups -OCH3 is 2. The monoisotopic (exact) mass is 250 g/mol. The average Bonchev–Trinajstić information content (AvgIpc) is 2.85. The van der Waals surface area contributed by atoms with Gasteiger partial charge in [0.05, 0.1) is 19.3 Å². The van der Waals surface area contributed by atoms with Crippen LogP contribution in [0.4, 0.5) is 0 Å². The predicted molar refractivity (Wildman–Crippen MR) is 63.5 cm³/mol. The van der Waals surface area contributed by atoms with Crippen molar-refractivity contribution in [2.45, 2.75) is 6.42 Å². The number of aromatic hydroxyl groups is 1. The van der Waals surface area contributed by atoms with E-state index in [1.807, 2.05) is 0 Å². The second-order valence-corrected chi connectivity index (χ2v) is 3.61. The van der Waals surface area contributed by atoms with Crippen LogP contribution in [0.5, 0.6) is 11.5 Å². The Morgan fingerprint density at radius 1 is 1.33 bits per heavy atom. The van der Waals surface area contributed by atoms with Crippen molar-refractivity contribution in [3.8, 4) is 23.0 Å². The number of para-hydroxylation sites is 1. The first-order valence-electron chi connectivity index (χ1n) is 5.44. The molecule has 0 amide bonds. The van der Waals surface area contributed by atoms with E-state index in [9.17, 15) is 5.11 Å². The molecule has 0 aliphatic rings. The second kappa shape index (κ2) is 5.50. The molecule has 0 aliphatic carbocycles. The zero-order valence-corrected chi connectivity index (χ0v) is 10.2. The van der Waals surface area contributed by atoms with E-state index in [1.54, 1.807) is 25.3 Å². The molecule has 6 nitrogen and oxygen atoms in total. The normalized spacial score (nSPS) is 10.6. The zero-order chi connectivity index (χ0) is 13.0. The highest BCUT2D eigenvalue weighted by molar-refractivity contribution is 5.66. The summed E-state index contributed by atoms with van der Waals surface area (Å²) in [5.74, 6) is 1.15. The number of hydrogen-bond acceptors (Lipinski definition) is 6. The number of phenolic OH excluding ortho intramolecular Hbond substituents is 1. The lowest BCUT2D eigenvalue weighted by molar-refractivity contribution is 0.199. The van der Waals surface area contributed by atoms with Crippen LogP contribution in [0.15, 0.2) is 22.7 Å². The molecule has 1 aromatic carbocycles. The quantitative estimate of drug-likeness (QED) is 0.869. The minimum absolute atomic E-state index is 0.0121. The number of hydrogen-bond donors (Lipinski definition) is 1. The van der Waals surface area contributed by atoms with E-state index < -0.39 is 0 Å².